The number of carboxylic acids is 1. The number of nitrogens with two attached hydrogens (primary N) is 1. The van der Waals surface area contributed by atoms with Crippen LogP contribution < -0.4 is 5.73 Å². The molecular weight excluding hydrogens is 214 g/mol. The molecule has 0 saturated carbocycles. The Kier molecular flexibility index (Phi) is 2.83. The maximum Gasteiger partial charge on any atom is 0.335 e. The topological polar surface area (TPSA) is 63.3 Å². The van der Waals surface area contributed by atoms with Crippen LogP contribution in [-0.2, 0) is 0 Å². The molecule has 0 atom stereocenters. The summed E-state index contributed by atoms with van der Waals surface area (Å²) in [6, 6.07) is 12.7. The molecule has 3 N–H and O–H groups in total. The van der Waals surface area contributed by atoms with Crippen LogP contribution in [0.3, 0.4) is 0 Å². The molecular formula is C14H13NO2. The zero-order chi connectivity index (χ0) is 12.4. The molecule has 86 valence electrons. The highest BCUT2D eigenvalue weighted by Crippen LogP contribution is 2.24. The van der Waals surface area contributed by atoms with E-state index in [4.69, 9.17) is 10.8 Å². The van der Waals surface area contributed by atoms with Crippen LogP contribution in [0.1, 0.15) is 15.9 Å². The summed E-state index contributed by atoms with van der Waals surface area (Å²) in [5, 5.41) is 9.01. The van der Waals surface area contributed by atoms with E-state index >= 15 is 0 Å². The van der Waals surface area contributed by atoms with Gasteiger partial charge in [-0.25, -0.2) is 4.79 Å². The molecule has 0 aliphatic rings. The number of carbonyl (C=O) groups is 1. The lowest BCUT2D eigenvalue weighted by Gasteiger charge is -2.06. The number of aromatic carboxylic acids is 1. The fraction of sp³-hybridized carbons (Fsp3) is 0.0714. The van der Waals surface area contributed by atoms with Gasteiger partial charge in [-0.1, -0.05) is 18.2 Å². The van der Waals surface area contributed by atoms with E-state index in [1.165, 1.54) is 0 Å². The van der Waals surface area contributed by atoms with Crippen molar-refractivity contribution in [2.24, 2.45) is 0 Å². The Morgan fingerprint density at radius 1 is 1.12 bits per heavy atom. The monoisotopic (exact) mass is 227 g/mol. The van der Waals surface area contributed by atoms with Gasteiger partial charge in [-0.15, -0.1) is 0 Å². The highest BCUT2D eigenvalue weighted by atomic mass is 16.4. The first-order valence-electron chi connectivity index (χ1n) is 5.27. The molecule has 17 heavy (non-hydrogen) atoms. The molecule has 0 radical (unpaired) electrons. The summed E-state index contributed by atoms with van der Waals surface area (Å²) in [5.41, 5.74) is 9.39. The van der Waals surface area contributed by atoms with Crippen molar-refractivity contribution in [3.8, 4) is 11.1 Å². The Morgan fingerprint density at radius 3 is 2.53 bits per heavy atom. The van der Waals surface area contributed by atoms with Crippen LogP contribution >= 0.6 is 0 Å². The molecule has 2 rings (SSSR count). The maximum absolute atomic E-state index is 11.0. The van der Waals surface area contributed by atoms with Crippen molar-refractivity contribution < 1.29 is 9.90 Å². The summed E-state index contributed by atoms with van der Waals surface area (Å²) in [5.74, 6) is -0.918. The average molecular weight is 227 g/mol. The van der Waals surface area contributed by atoms with Crippen molar-refractivity contribution >= 4 is 11.7 Å². The summed E-state index contributed by atoms with van der Waals surface area (Å²) in [6.07, 6.45) is 0. The van der Waals surface area contributed by atoms with Crippen LogP contribution in [0.5, 0.6) is 0 Å². The lowest BCUT2D eigenvalue weighted by Crippen LogP contribution is -1.97. The van der Waals surface area contributed by atoms with Gasteiger partial charge in [0.05, 0.1) is 5.56 Å². The summed E-state index contributed by atoms with van der Waals surface area (Å²) < 4.78 is 0. The quantitative estimate of drug-likeness (QED) is 0.775. The van der Waals surface area contributed by atoms with Gasteiger partial charge in [-0.3, -0.25) is 0 Å². The SMILES string of the molecule is Cc1cc(C(=O)O)cc(-c2cccc(N)c2)c1. The molecule has 0 saturated heterocycles. The molecule has 0 aliphatic carbocycles. The second-order valence-corrected chi connectivity index (χ2v) is 4.02. The number of rotatable bonds is 2. The molecule has 0 unspecified atom stereocenters. The number of carboxylic acid groups (broad SMARTS) is 1. The highest BCUT2D eigenvalue weighted by molar-refractivity contribution is 5.90. The van der Waals surface area contributed by atoms with E-state index in [1.807, 2.05) is 31.2 Å². The first-order valence-corrected chi connectivity index (χ1v) is 5.27. The molecule has 3 heteroatoms. The third-order valence-corrected chi connectivity index (χ3v) is 2.54. The summed E-state index contributed by atoms with van der Waals surface area (Å²) in [6.45, 7) is 1.88. The number of nitrogen functional groups attached to an aromatic ring is 1. The zero-order valence-corrected chi connectivity index (χ0v) is 9.47. The van der Waals surface area contributed by atoms with Gasteiger partial charge in [-0.05, 0) is 47.9 Å². The van der Waals surface area contributed by atoms with E-state index in [0.29, 0.717) is 11.3 Å². The first kappa shape index (κ1) is 11.2. The first-order chi connectivity index (χ1) is 8.06. The highest BCUT2D eigenvalue weighted by Gasteiger charge is 2.06. The number of hydrogen-bond acceptors (Lipinski definition) is 2. The van der Waals surface area contributed by atoms with Crippen LogP contribution in [0, 0.1) is 6.92 Å². The molecule has 0 fully saturated rings. The van der Waals surface area contributed by atoms with Crippen molar-refractivity contribution in [3.05, 3.63) is 53.6 Å². The average Bonchev–Trinajstić information content (AvgIpc) is 2.28. The van der Waals surface area contributed by atoms with E-state index in [9.17, 15) is 4.79 Å². The fourth-order valence-electron chi connectivity index (χ4n) is 1.79. The summed E-state index contributed by atoms with van der Waals surface area (Å²) in [7, 11) is 0. The second-order valence-electron chi connectivity index (χ2n) is 4.02. The van der Waals surface area contributed by atoms with Crippen molar-refractivity contribution in [2.45, 2.75) is 6.92 Å². The van der Waals surface area contributed by atoms with Gasteiger partial charge in [-0.2, -0.15) is 0 Å². The molecule has 0 heterocycles. The standard InChI is InChI=1S/C14H13NO2/c1-9-5-11(7-12(6-9)14(16)17)10-3-2-4-13(15)8-10/h2-8H,15H2,1H3,(H,16,17). The summed E-state index contributed by atoms with van der Waals surface area (Å²) in [4.78, 5) is 11.0. The van der Waals surface area contributed by atoms with Crippen LogP contribution in [0.25, 0.3) is 11.1 Å². The van der Waals surface area contributed by atoms with E-state index in [0.717, 1.165) is 16.7 Å². The van der Waals surface area contributed by atoms with Gasteiger partial charge in [0.2, 0.25) is 0 Å². The maximum atomic E-state index is 11.0. The van der Waals surface area contributed by atoms with Gasteiger partial charge in [0.25, 0.3) is 0 Å². The van der Waals surface area contributed by atoms with Crippen LogP contribution in [-0.4, -0.2) is 11.1 Å². The minimum atomic E-state index is -0.918. The van der Waals surface area contributed by atoms with Crippen molar-refractivity contribution in [1.82, 2.24) is 0 Å². The number of benzene rings is 2. The molecule has 0 amide bonds. The Balaban J connectivity index is 2.56. The van der Waals surface area contributed by atoms with Gasteiger partial charge in [0, 0.05) is 5.69 Å². The smallest absolute Gasteiger partial charge is 0.335 e. The van der Waals surface area contributed by atoms with Gasteiger partial charge in [0.1, 0.15) is 0 Å². The van der Waals surface area contributed by atoms with E-state index in [-0.39, 0.29) is 0 Å². The van der Waals surface area contributed by atoms with Crippen molar-refractivity contribution in [3.63, 3.8) is 0 Å². The largest absolute Gasteiger partial charge is 0.478 e. The van der Waals surface area contributed by atoms with Crippen LogP contribution in [0.2, 0.25) is 0 Å². The Morgan fingerprint density at radius 2 is 1.88 bits per heavy atom. The molecule has 0 bridgehead atoms. The minimum absolute atomic E-state index is 0.294. The van der Waals surface area contributed by atoms with Gasteiger partial charge in [0.15, 0.2) is 0 Å². The Hall–Kier alpha value is -2.29. The molecule has 2 aromatic rings. The Bertz CT molecular complexity index is 576. The third-order valence-electron chi connectivity index (χ3n) is 2.54. The molecule has 0 aromatic heterocycles. The van der Waals surface area contributed by atoms with E-state index in [1.54, 1.807) is 18.2 Å². The molecule has 0 aliphatic heterocycles. The lowest BCUT2D eigenvalue weighted by atomic mass is 10.00. The molecule has 0 spiro atoms. The number of anilines is 1. The number of aryl methyl sites for hydroxylation is 1. The van der Waals surface area contributed by atoms with Gasteiger partial charge < -0.3 is 10.8 Å². The number of hydrogen-bond donors (Lipinski definition) is 2. The zero-order valence-electron chi connectivity index (χ0n) is 9.47. The third kappa shape index (κ3) is 2.45. The van der Waals surface area contributed by atoms with Crippen LogP contribution in [0.15, 0.2) is 42.5 Å². The van der Waals surface area contributed by atoms with Crippen molar-refractivity contribution in [1.29, 1.82) is 0 Å². The lowest BCUT2D eigenvalue weighted by molar-refractivity contribution is 0.0697. The van der Waals surface area contributed by atoms with E-state index < -0.39 is 5.97 Å². The minimum Gasteiger partial charge on any atom is -0.478 e. The van der Waals surface area contributed by atoms with E-state index in [2.05, 4.69) is 0 Å². The normalized spacial score (nSPS) is 10.2. The molecule has 2 aromatic carbocycles. The fourth-order valence-corrected chi connectivity index (χ4v) is 1.79. The van der Waals surface area contributed by atoms with Crippen LogP contribution in [0.4, 0.5) is 5.69 Å². The van der Waals surface area contributed by atoms with Crippen molar-refractivity contribution in [2.75, 3.05) is 5.73 Å². The second kappa shape index (κ2) is 4.29. The molecule has 3 nitrogen and oxygen atoms in total. The predicted octanol–water partition coefficient (Wildman–Crippen LogP) is 2.94. The predicted molar refractivity (Wildman–Crippen MR) is 68.0 cm³/mol. The summed E-state index contributed by atoms with van der Waals surface area (Å²) >= 11 is 0. The van der Waals surface area contributed by atoms with Gasteiger partial charge >= 0.3 is 5.97 Å². The Labute approximate surface area is 99.5 Å².